The monoisotopic (exact) mass is 549 g/mol. The Morgan fingerprint density at radius 2 is 1.46 bits per heavy atom. The fraction of sp³-hybridized carbons (Fsp3) is 0.355. The van der Waals surface area contributed by atoms with Crippen LogP contribution in [0, 0.1) is 0 Å². The topological polar surface area (TPSA) is 93.1 Å². The maximum absolute atomic E-state index is 13.7. The van der Waals surface area contributed by atoms with Crippen LogP contribution in [0.25, 0.3) is 0 Å². The van der Waals surface area contributed by atoms with Gasteiger partial charge in [-0.2, -0.15) is 0 Å². The van der Waals surface area contributed by atoms with Crippen LogP contribution in [0.2, 0.25) is 0 Å². The Morgan fingerprint density at radius 1 is 0.872 bits per heavy atom. The number of nitrogens with zero attached hydrogens (tertiary/aromatic N) is 1. The number of hydrogen-bond acceptors (Lipinski definition) is 5. The van der Waals surface area contributed by atoms with E-state index in [0.717, 1.165) is 24.0 Å². The lowest BCUT2D eigenvalue weighted by molar-refractivity contribution is -0.156. The molecule has 0 saturated carbocycles. The lowest BCUT2D eigenvalue weighted by Crippen LogP contribution is -2.47. The van der Waals surface area contributed by atoms with Crippen molar-refractivity contribution in [1.29, 1.82) is 0 Å². The molecule has 0 bridgehead atoms. The van der Waals surface area contributed by atoms with Gasteiger partial charge in [-0.1, -0.05) is 91.0 Å². The summed E-state index contributed by atoms with van der Waals surface area (Å²) in [5.74, 6) is -0.937. The number of benzene rings is 3. The Hall–Kier alpha value is -3.25. The van der Waals surface area contributed by atoms with Crippen LogP contribution < -0.4 is 0 Å². The summed E-state index contributed by atoms with van der Waals surface area (Å²) in [6.45, 7) is 0.488. The third-order valence-electron chi connectivity index (χ3n) is 6.86. The van der Waals surface area contributed by atoms with Gasteiger partial charge in [0.1, 0.15) is 18.8 Å². The summed E-state index contributed by atoms with van der Waals surface area (Å²) < 4.78 is 24.3. The molecule has 3 aromatic rings. The van der Waals surface area contributed by atoms with Crippen molar-refractivity contribution >= 4 is 19.5 Å². The third-order valence-corrected chi connectivity index (χ3v) is 8.33. The van der Waals surface area contributed by atoms with E-state index in [1.54, 1.807) is 0 Å². The van der Waals surface area contributed by atoms with Crippen LogP contribution >= 0.6 is 7.60 Å². The molecule has 0 radical (unpaired) electrons. The zero-order valence-electron chi connectivity index (χ0n) is 22.1. The SMILES string of the molecule is O=C(OCc1ccccc1)[C@@H]1CCCN1C(=O)C(Cc1ccccc1)OP(=O)(O)CCCCc1ccccc1. The predicted octanol–water partition coefficient (Wildman–Crippen LogP) is 5.56. The van der Waals surface area contributed by atoms with Crippen molar-refractivity contribution in [1.82, 2.24) is 4.90 Å². The van der Waals surface area contributed by atoms with Crippen LogP contribution in [0.5, 0.6) is 0 Å². The molecule has 206 valence electrons. The standard InChI is InChI=1S/C31H36NO6P/c33-30(32-21-12-20-28(32)31(34)37-24-27-18-8-3-9-19-27)29(23-26-16-6-2-7-17-26)38-39(35,36)22-11-10-15-25-13-4-1-5-14-25/h1-9,13-14,16-19,28-29H,10-12,15,20-24H2,(H,35,36)/t28-,29?/m0/s1. The van der Waals surface area contributed by atoms with Crippen molar-refractivity contribution in [2.24, 2.45) is 0 Å². The summed E-state index contributed by atoms with van der Waals surface area (Å²) in [7, 11) is -4.06. The molecule has 1 aliphatic rings. The van der Waals surface area contributed by atoms with E-state index in [0.29, 0.717) is 25.8 Å². The van der Waals surface area contributed by atoms with Crippen LogP contribution in [0.3, 0.4) is 0 Å². The molecule has 3 atom stereocenters. The Morgan fingerprint density at radius 3 is 2.10 bits per heavy atom. The second-order valence-corrected chi connectivity index (χ2v) is 11.8. The first kappa shape index (κ1) is 28.8. The minimum atomic E-state index is -4.06. The van der Waals surface area contributed by atoms with E-state index < -0.39 is 31.6 Å². The zero-order valence-corrected chi connectivity index (χ0v) is 23.0. The highest BCUT2D eigenvalue weighted by Gasteiger charge is 2.40. The molecule has 0 spiro atoms. The van der Waals surface area contributed by atoms with E-state index in [9.17, 15) is 19.0 Å². The van der Waals surface area contributed by atoms with Gasteiger partial charge in [0, 0.05) is 13.0 Å². The molecule has 1 aliphatic heterocycles. The zero-order chi connectivity index (χ0) is 27.5. The lowest BCUT2D eigenvalue weighted by Gasteiger charge is -2.29. The molecule has 1 amide bonds. The van der Waals surface area contributed by atoms with E-state index >= 15 is 0 Å². The molecular weight excluding hydrogens is 513 g/mol. The molecule has 0 aliphatic carbocycles. The Bertz CT molecular complexity index is 1240. The van der Waals surface area contributed by atoms with E-state index in [2.05, 4.69) is 0 Å². The number of amides is 1. The Balaban J connectivity index is 1.39. The van der Waals surface area contributed by atoms with Crippen molar-refractivity contribution in [3.05, 3.63) is 108 Å². The molecule has 1 saturated heterocycles. The number of carbonyl (C=O) groups is 2. The fourth-order valence-corrected chi connectivity index (χ4v) is 6.11. The molecule has 1 N–H and O–H groups in total. The van der Waals surface area contributed by atoms with E-state index in [1.165, 1.54) is 10.5 Å². The van der Waals surface area contributed by atoms with Crippen LogP contribution in [-0.4, -0.2) is 46.5 Å². The van der Waals surface area contributed by atoms with Crippen LogP contribution in [0.1, 0.15) is 42.4 Å². The number of rotatable bonds is 13. The first-order valence-corrected chi connectivity index (χ1v) is 15.3. The van der Waals surface area contributed by atoms with Gasteiger partial charge in [0.05, 0.1) is 6.16 Å². The minimum Gasteiger partial charge on any atom is -0.459 e. The molecule has 2 unspecified atom stereocenters. The molecule has 1 heterocycles. The van der Waals surface area contributed by atoms with Gasteiger partial charge in [0.25, 0.3) is 5.91 Å². The molecule has 3 aromatic carbocycles. The Labute approximate surface area is 230 Å². The average Bonchev–Trinajstić information content (AvgIpc) is 3.45. The van der Waals surface area contributed by atoms with Crippen molar-refractivity contribution in [3.8, 4) is 0 Å². The van der Waals surface area contributed by atoms with Gasteiger partial charge in [0.15, 0.2) is 0 Å². The van der Waals surface area contributed by atoms with Gasteiger partial charge in [-0.25, -0.2) is 4.79 Å². The maximum Gasteiger partial charge on any atom is 0.329 e. The second kappa shape index (κ2) is 14.2. The predicted molar refractivity (Wildman–Crippen MR) is 150 cm³/mol. The molecule has 39 heavy (non-hydrogen) atoms. The smallest absolute Gasteiger partial charge is 0.329 e. The summed E-state index contributed by atoms with van der Waals surface area (Å²) >= 11 is 0. The summed E-state index contributed by atoms with van der Waals surface area (Å²) in [6, 6.07) is 27.8. The van der Waals surface area contributed by atoms with E-state index in [1.807, 2.05) is 91.0 Å². The van der Waals surface area contributed by atoms with Gasteiger partial charge in [-0.15, -0.1) is 0 Å². The van der Waals surface area contributed by atoms with Gasteiger partial charge >= 0.3 is 13.6 Å². The number of aryl methyl sites for hydroxylation is 1. The van der Waals surface area contributed by atoms with Gasteiger partial charge < -0.3 is 14.5 Å². The third kappa shape index (κ3) is 8.89. The highest BCUT2D eigenvalue weighted by molar-refractivity contribution is 7.52. The van der Waals surface area contributed by atoms with Gasteiger partial charge in [-0.3, -0.25) is 13.9 Å². The highest BCUT2D eigenvalue weighted by atomic mass is 31.2. The largest absolute Gasteiger partial charge is 0.459 e. The molecule has 7 nitrogen and oxygen atoms in total. The molecule has 4 rings (SSSR count). The van der Waals surface area contributed by atoms with Gasteiger partial charge in [-0.05, 0) is 48.8 Å². The van der Waals surface area contributed by atoms with Crippen molar-refractivity contribution < 1.29 is 28.3 Å². The average molecular weight is 550 g/mol. The molecule has 1 fully saturated rings. The fourth-order valence-electron chi connectivity index (χ4n) is 4.82. The number of unbranched alkanes of at least 4 members (excludes halogenated alkanes) is 1. The van der Waals surface area contributed by atoms with E-state index in [4.69, 9.17) is 9.26 Å². The number of ether oxygens (including phenoxy) is 1. The summed E-state index contributed by atoms with van der Waals surface area (Å²) in [6.07, 6.45) is 2.06. The van der Waals surface area contributed by atoms with Crippen LogP contribution in [0.15, 0.2) is 91.0 Å². The lowest BCUT2D eigenvalue weighted by atomic mass is 10.1. The summed E-state index contributed by atoms with van der Waals surface area (Å²) in [5, 5.41) is 0. The first-order valence-electron chi connectivity index (χ1n) is 13.5. The number of carbonyl (C=O) groups excluding carboxylic acids is 2. The number of esters is 1. The molecule has 8 heteroatoms. The normalized spacial score (nSPS) is 17.4. The van der Waals surface area contributed by atoms with Crippen LogP contribution in [0.4, 0.5) is 0 Å². The molecule has 0 aromatic heterocycles. The number of hydrogen-bond donors (Lipinski definition) is 1. The minimum absolute atomic E-state index is 0.0407. The summed E-state index contributed by atoms with van der Waals surface area (Å²) in [4.78, 5) is 38.8. The van der Waals surface area contributed by atoms with Crippen molar-refractivity contribution in [2.75, 3.05) is 12.7 Å². The van der Waals surface area contributed by atoms with Crippen molar-refractivity contribution in [2.45, 2.75) is 57.3 Å². The van der Waals surface area contributed by atoms with Gasteiger partial charge in [0.2, 0.25) is 0 Å². The van der Waals surface area contributed by atoms with E-state index in [-0.39, 0.29) is 19.2 Å². The summed E-state index contributed by atoms with van der Waals surface area (Å²) in [5.41, 5.74) is 2.84. The quantitative estimate of drug-likeness (QED) is 0.171. The molecular formula is C31H36NO6P. The Kier molecular flexibility index (Phi) is 10.5. The number of likely N-dealkylation sites (tertiary alicyclic amines) is 1. The maximum atomic E-state index is 13.7. The first-order chi connectivity index (χ1) is 18.9. The van der Waals surface area contributed by atoms with Crippen LogP contribution in [-0.2, 0) is 42.9 Å². The second-order valence-electron chi connectivity index (χ2n) is 9.87. The van der Waals surface area contributed by atoms with Crippen molar-refractivity contribution in [3.63, 3.8) is 0 Å². The highest BCUT2D eigenvalue weighted by Crippen LogP contribution is 2.45.